The fourth-order valence-corrected chi connectivity index (χ4v) is 2.06. The molecule has 0 aromatic heterocycles. The molecule has 0 aromatic carbocycles. The number of aliphatic hydroxyl groups excluding tert-OH is 1. The molecule has 0 saturated heterocycles. The summed E-state index contributed by atoms with van der Waals surface area (Å²) in [7, 11) is 3.21. The summed E-state index contributed by atoms with van der Waals surface area (Å²) >= 11 is 0. The summed E-state index contributed by atoms with van der Waals surface area (Å²) in [6.07, 6.45) is 1.17. The summed E-state index contributed by atoms with van der Waals surface area (Å²) in [6, 6.07) is 0. The van der Waals surface area contributed by atoms with Crippen LogP contribution in [0.15, 0.2) is 0 Å². The summed E-state index contributed by atoms with van der Waals surface area (Å²) in [4.78, 5) is 0. The van der Waals surface area contributed by atoms with E-state index in [-0.39, 0.29) is 18.1 Å². The molecule has 4 nitrogen and oxygen atoms in total. The Morgan fingerprint density at radius 2 is 1.85 bits per heavy atom. The monoisotopic (exact) mass is 190 g/mol. The normalized spacial score (nSPS) is 35.3. The molecule has 0 aliphatic heterocycles. The van der Waals surface area contributed by atoms with Crippen LogP contribution in [0.2, 0.25) is 0 Å². The zero-order valence-electron chi connectivity index (χ0n) is 8.14. The van der Waals surface area contributed by atoms with Crippen molar-refractivity contribution in [2.45, 2.75) is 37.8 Å². The van der Waals surface area contributed by atoms with Gasteiger partial charge in [-0.2, -0.15) is 0 Å². The van der Waals surface area contributed by atoms with Crippen LogP contribution in [-0.2, 0) is 9.47 Å². The molecule has 1 aliphatic rings. The molecule has 0 spiro atoms. The summed E-state index contributed by atoms with van der Waals surface area (Å²) in [5, 5.41) is 18.2. The van der Waals surface area contributed by atoms with Crippen molar-refractivity contribution in [3.63, 3.8) is 0 Å². The van der Waals surface area contributed by atoms with Gasteiger partial charge in [0.25, 0.3) is 0 Å². The first kappa shape index (κ1) is 10.9. The zero-order chi connectivity index (χ0) is 9.84. The lowest BCUT2D eigenvalue weighted by molar-refractivity contribution is -0.170. The van der Waals surface area contributed by atoms with Crippen LogP contribution in [0, 0.1) is 5.92 Å². The number of ether oxygens (including phenoxy) is 2. The maximum atomic E-state index is 9.11. The second-order valence-corrected chi connectivity index (χ2v) is 3.48. The van der Waals surface area contributed by atoms with Crippen LogP contribution in [-0.4, -0.2) is 42.9 Å². The molecule has 0 aromatic rings. The van der Waals surface area contributed by atoms with Crippen molar-refractivity contribution in [3.05, 3.63) is 0 Å². The Morgan fingerprint density at radius 1 is 1.15 bits per heavy atom. The Labute approximate surface area is 78.5 Å². The van der Waals surface area contributed by atoms with Crippen LogP contribution in [0.5, 0.6) is 0 Å². The fraction of sp³-hybridized carbons (Fsp3) is 1.00. The highest BCUT2D eigenvalue weighted by Gasteiger charge is 2.36. The Kier molecular flexibility index (Phi) is 4.12. The van der Waals surface area contributed by atoms with Gasteiger partial charge in [-0.05, 0) is 12.8 Å². The highest BCUT2D eigenvalue weighted by molar-refractivity contribution is 4.84. The largest absolute Gasteiger partial charge is 0.379 e. The molecule has 3 atom stereocenters. The Bertz CT molecular complexity index is 149. The Morgan fingerprint density at radius 3 is 2.31 bits per heavy atom. The minimum Gasteiger partial charge on any atom is -0.379 e. The third-order valence-corrected chi connectivity index (χ3v) is 2.77. The summed E-state index contributed by atoms with van der Waals surface area (Å²) in [5.74, 6) is -0.219. The first-order valence-electron chi connectivity index (χ1n) is 4.62. The van der Waals surface area contributed by atoms with Gasteiger partial charge in [-0.25, -0.2) is 0 Å². The van der Waals surface area contributed by atoms with Crippen LogP contribution in [0.1, 0.15) is 19.3 Å². The average Bonchev–Trinajstić information content (AvgIpc) is 2.16. The predicted molar refractivity (Wildman–Crippen MR) is 47.2 cm³/mol. The van der Waals surface area contributed by atoms with E-state index in [9.17, 15) is 0 Å². The van der Waals surface area contributed by atoms with Crippen LogP contribution in [0.25, 0.3) is 0 Å². The van der Waals surface area contributed by atoms with Crippen LogP contribution in [0.4, 0.5) is 0 Å². The van der Waals surface area contributed by atoms with E-state index in [1.165, 1.54) is 0 Å². The molecule has 13 heavy (non-hydrogen) atoms. The maximum Gasteiger partial charge on any atom is 0.156 e. The van der Waals surface area contributed by atoms with Crippen molar-refractivity contribution >= 4 is 0 Å². The second-order valence-electron chi connectivity index (χ2n) is 3.48. The number of hydrogen-bond acceptors (Lipinski definition) is 4. The van der Waals surface area contributed by atoms with Gasteiger partial charge in [0.05, 0.1) is 12.2 Å². The lowest BCUT2D eigenvalue weighted by Gasteiger charge is -2.36. The molecular weight excluding hydrogens is 172 g/mol. The first-order chi connectivity index (χ1) is 6.20. The minimum atomic E-state index is -1.30. The molecule has 1 rings (SSSR count). The molecule has 0 amide bonds. The minimum absolute atomic E-state index is 0.00875. The third kappa shape index (κ3) is 2.40. The van der Waals surface area contributed by atoms with Crippen molar-refractivity contribution in [1.82, 2.24) is 0 Å². The lowest BCUT2D eigenvalue weighted by Crippen LogP contribution is -2.45. The van der Waals surface area contributed by atoms with Gasteiger partial charge in [0.1, 0.15) is 0 Å². The quantitative estimate of drug-likeness (QED) is 0.621. The number of hydrogen-bond donors (Lipinski definition) is 2. The zero-order valence-corrected chi connectivity index (χ0v) is 8.14. The van der Waals surface area contributed by atoms with E-state index in [1.807, 2.05) is 0 Å². The highest BCUT2D eigenvalue weighted by atomic mass is 16.5. The van der Waals surface area contributed by atoms with Crippen LogP contribution >= 0.6 is 0 Å². The van der Waals surface area contributed by atoms with E-state index in [1.54, 1.807) is 14.2 Å². The number of methoxy groups -OCH3 is 2. The smallest absolute Gasteiger partial charge is 0.156 e. The van der Waals surface area contributed by atoms with E-state index in [4.69, 9.17) is 19.7 Å². The second kappa shape index (κ2) is 4.91. The SMILES string of the molecule is COC1CCCC(C(O)O)C1OC. The molecule has 78 valence electrons. The van der Waals surface area contributed by atoms with Crippen LogP contribution in [0.3, 0.4) is 0 Å². The molecule has 1 saturated carbocycles. The maximum absolute atomic E-state index is 9.11. The first-order valence-corrected chi connectivity index (χ1v) is 4.62. The topological polar surface area (TPSA) is 58.9 Å². The molecule has 0 bridgehead atoms. The van der Waals surface area contributed by atoms with E-state index in [0.717, 1.165) is 19.3 Å². The number of rotatable bonds is 3. The van der Waals surface area contributed by atoms with E-state index < -0.39 is 6.29 Å². The van der Waals surface area contributed by atoms with Crippen molar-refractivity contribution in [2.75, 3.05) is 14.2 Å². The fourth-order valence-electron chi connectivity index (χ4n) is 2.06. The lowest BCUT2D eigenvalue weighted by atomic mass is 9.84. The highest BCUT2D eigenvalue weighted by Crippen LogP contribution is 2.30. The van der Waals surface area contributed by atoms with Crippen molar-refractivity contribution < 1.29 is 19.7 Å². The summed E-state index contributed by atoms with van der Waals surface area (Å²) in [5.41, 5.74) is 0. The molecular formula is C9H18O4. The molecule has 4 heteroatoms. The van der Waals surface area contributed by atoms with Gasteiger partial charge in [0.2, 0.25) is 0 Å². The molecule has 1 aliphatic carbocycles. The van der Waals surface area contributed by atoms with Gasteiger partial charge in [-0.15, -0.1) is 0 Å². The molecule has 0 radical (unpaired) electrons. The van der Waals surface area contributed by atoms with Crippen molar-refractivity contribution in [3.8, 4) is 0 Å². The molecule has 2 N–H and O–H groups in total. The third-order valence-electron chi connectivity index (χ3n) is 2.77. The van der Waals surface area contributed by atoms with E-state index >= 15 is 0 Å². The molecule has 1 fully saturated rings. The van der Waals surface area contributed by atoms with Gasteiger partial charge >= 0.3 is 0 Å². The number of aliphatic hydroxyl groups is 2. The Hall–Kier alpha value is -0.160. The van der Waals surface area contributed by atoms with Gasteiger partial charge in [0.15, 0.2) is 6.29 Å². The standard InChI is InChI=1S/C9H18O4/c1-12-7-5-3-4-6(9(10)11)8(7)13-2/h6-11H,3-5H2,1-2H3. The average molecular weight is 190 g/mol. The van der Waals surface area contributed by atoms with Crippen molar-refractivity contribution in [2.24, 2.45) is 5.92 Å². The summed E-state index contributed by atoms with van der Waals surface area (Å²) in [6.45, 7) is 0. The van der Waals surface area contributed by atoms with Crippen molar-refractivity contribution in [1.29, 1.82) is 0 Å². The van der Waals surface area contributed by atoms with Gasteiger partial charge in [-0.3, -0.25) is 0 Å². The van der Waals surface area contributed by atoms with Gasteiger partial charge < -0.3 is 19.7 Å². The summed E-state index contributed by atoms with van der Waals surface area (Å²) < 4.78 is 10.5. The van der Waals surface area contributed by atoms with Gasteiger partial charge in [-0.1, -0.05) is 6.42 Å². The van der Waals surface area contributed by atoms with E-state index in [2.05, 4.69) is 0 Å². The molecule has 0 heterocycles. The van der Waals surface area contributed by atoms with E-state index in [0.29, 0.717) is 0 Å². The van der Waals surface area contributed by atoms with Crippen LogP contribution < -0.4 is 0 Å². The predicted octanol–water partition coefficient (Wildman–Crippen LogP) is 0.127. The Balaban J connectivity index is 2.61. The molecule has 3 unspecified atom stereocenters. The van der Waals surface area contributed by atoms with Gasteiger partial charge in [0, 0.05) is 20.1 Å².